The molecule has 1 amide bonds. The third-order valence-electron chi connectivity index (χ3n) is 3.38. The van der Waals surface area contributed by atoms with Crippen LogP contribution in [0.4, 0.5) is 0 Å². The van der Waals surface area contributed by atoms with Crippen molar-refractivity contribution in [3.63, 3.8) is 0 Å². The van der Waals surface area contributed by atoms with Crippen molar-refractivity contribution in [3.8, 4) is 17.6 Å². The topological polar surface area (TPSA) is 97.6 Å². The summed E-state index contributed by atoms with van der Waals surface area (Å²) in [5.41, 5.74) is 0.498. The molecule has 1 aromatic carbocycles. The fraction of sp³-hybridized carbons (Fsp3) is 0.211. The van der Waals surface area contributed by atoms with Crippen molar-refractivity contribution in [1.82, 2.24) is 5.32 Å². The average Bonchev–Trinajstić information content (AvgIpc) is 3.22. The quantitative estimate of drug-likeness (QED) is 0.246. The third kappa shape index (κ3) is 5.67. The van der Waals surface area contributed by atoms with Gasteiger partial charge in [0.2, 0.25) is 0 Å². The van der Waals surface area contributed by atoms with Crippen molar-refractivity contribution in [2.24, 2.45) is 0 Å². The van der Waals surface area contributed by atoms with Crippen molar-refractivity contribution in [2.75, 3.05) is 27.4 Å². The Bertz CT molecular complexity index is 869. The first-order valence-corrected chi connectivity index (χ1v) is 8.79. The Morgan fingerprint density at radius 2 is 2.07 bits per heavy atom. The van der Waals surface area contributed by atoms with E-state index in [4.69, 9.17) is 14.2 Å². The fourth-order valence-corrected chi connectivity index (χ4v) is 2.68. The van der Waals surface area contributed by atoms with Crippen LogP contribution in [0.2, 0.25) is 0 Å². The van der Waals surface area contributed by atoms with Crippen molar-refractivity contribution >= 4 is 29.3 Å². The highest BCUT2D eigenvalue weighted by molar-refractivity contribution is 7.12. The molecule has 0 aliphatic carbocycles. The largest absolute Gasteiger partial charge is 0.493 e. The van der Waals surface area contributed by atoms with Crippen LogP contribution in [0, 0.1) is 11.3 Å². The second-order valence-electron chi connectivity index (χ2n) is 5.20. The van der Waals surface area contributed by atoms with Gasteiger partial charge in [-0.25, -0.2) is 4.79 Å². The molecule has 0 saturated heterocycles. The average molecular weight is 386 g/mol. The number of hydrogen-bond donors (Lipinski definition) is 1. The van der Waals surface area contributed by atoms with Gasteiger partial charge in [-0.2, -0.15) is 5.26 Å². The molecular formula is C19H18N2O5S. The molecule has 2 aromatic rings. The minimum Gasteiger partial charge on any atom is -0.493 e. The van der Waals surface area contributed by atoms with Gasteiger partial charge >= 0.3 is 5.97 Å². The molecule has 2 rings (SSSR count). The first kappa shape index (κ1) is 20.2. The van der Waals surface area contributed by atoms with E-state index in [0.717, 1.165) is 0 Å². The summed E-state index contributed by atoms with van der Waals surface area (Å²) < 4.78 is 15.5. The van der Waals surface area contributed by atoms with Crippen LogP contribution < -0.4 is 14.8 Å². The molecule has 27 heavy (non-hydrogen) atoms. The van der Waals surface area contributed by atoms with Gasteiger partial charge in [0.25, 0.3) is 5.91 Å². The van der Waals surface area contributed by atoms with Crippen LogP contribution in [0.1, 0.15) is 15.2 Å². The molecule has 0 atom stereocenters. The van der Waals surface area contributed by atoms with Gasteiger partial charge in [-0.1, -0.05) is 12.1 Å². The zero-order valence-corrected chi connectivity index (χ0v) is 15.7. The van der Waals surface area contributed by atoms with Gasteiger partial charge in [0.1, 0.15) is 16.5 Å². The van der Waals surface area contributed by atoms with Gasteiger partial charge in [0.05, 0.1) is 13.7 Å². The Labute approximate surface area is 160 Å². The van der Waals surface area contributed by atoms with E-state index in [-0.39, 0.29) is 11.3 Å². The van der Waals surface area contributed by atoms with E-state index in [1.54, 1.807) is 35.7 Å². The van der Waals surface area contributed by atoms with Crippen LogP contribution in [-0.2, 0) is 9.53 Å². The molecule has 1 heterocycles. The number of rotatable bonds is 8. The monoisotopic (exact) mass is 386 g/mol. The molecule has 0 fully saturated rings. The Balaban J connectivity index is 2.17. The lowest BCUT2D eigenvalue weighted by atomic mass is 10.1. The molecule has 8 heteroatoms. The second-order valence-corrected chi connectivity index (χ2v) is 6.14. The number of nitrogens with zero attached hydrogens (tertiary/aromatic N) is 1. The van der Waals surface area contributed by atoms with E-state index in [1.807, 2.05) is 6.07 Å². The summed E-state index contributed by atoms with van der Waals surface area (Å²) in [6, 6.07) is 10.0. The molecule has 0 unspecified atom stereocenters. The van der Waals surface area contributed by atoms with Crippen molar-refractivity contribution in [3.05, 3.63) is 51.7 Å². The number of carbonyl (C=O) groups is 2. The SMILES string of the molecule is COCCNC(=O)C(C#N)=Cc1ccc(OC(=O)c2cccs2)c(OC)c1. The standard InChI is InChI=1S/C19H18N2O5S/c1-24-8-7-21-18(22)14(12-20)10-13-5-6-15(16(11-13)25-2)26-19(23)17-4-3-9-27-17/h3-6,9-11H,7-8H2,1-2H3,(H,21,22). The predicted octanol–water partition coefficient (Wildman–Crippen LogP) is 2.65. The molecule has 0 radical (unpaired) electrons. The summed E-state index contributed by atoms with van der Waals surface area (Å²) in [4.78, 5) is 24.5. The highest BCUT2D eigenvalue weighted by Crippen LogP contribution is 2.30. The highest BCUT2D eigenvalue weighted by Gasteiger charge is 2.14. The van der Waals surface area contributed by atoms with Gasteiger partial charge in [-0.05, 0) is 35.2 Å². The van der Waals surface area contributed by atoms with Crippen molar-refractivity contribution in [2.45, 2.75) is 0 Å². The number of benzene rings is 1. The summed E-state index contributed by atoms with van der Waals surface area (Å²) >= 11 is 1.28. The molecule has 1 N–H and O–H groups in total. The maximum atomic E-state index is 12.1. The number of methoxy groups -OCH3 is 2. The number of thiophene rings is 1. The van der Waals surface area contributed by atoms with E-state index >= 15 is 0 Å². The van der Waals surface area contributed by atoms with Crippen LogP contribution in [0.25, 0.3) is 6.08 Å². The van der Waals surface area contributed by atoms with Gasteiger partial charge in [-0.3, -0.25) is 4.79 Å². The Morgan fingerprint density at radius 3 is 2.70 bits per heavy atom. The first-order valence-electron chi connectivity index (χ1n) is 7.91. The Hall–Kier alpha value is -3.15. The van der Waals surface area contributed by atoms with Crippen molar-refractivity contribution in [1.29, 1.82) is 5.26 Å². The van der Waals surface area contributed by atoms with Gasteiger partial charge in [0, 0.05) is 13.7 Å². The minimum atomic E-state index is -0.498. The summed E-state index contributed by atoms with van der Waals surface area (Å²) in [5.74, 6) is -0.426. The molecule has 0 saturated carbocycles. The number of esters is 1. The van der Waals surface area contributed by atoms with Crippen molar-refractivity contribution < 1.29 is 23.8 Å². The normalized spacial score (nSPS) is 10.8. The molecule has 0 spiro atoms. The fourth-order valence-electron chi connectivity index (χ4n) is 2.08. The molecule has 0 aliphatic rings. The van der Waals surface area contributed by atoms with Gasteiger partial charge < -0.3 is 19.5 Å². The Morgan fingerprint density at radius 1 is 1.26 bits per heavy atom. The lowest BCUT2D eigenvalue weighted by Crippen LogP contribution is -2.27. The number of nitrogens with one attached hydrogen (secondary N) is 1. The van der Waals surface area contributed by atoms with Crippen LogP contribution in [-0.4, -0.2) is 39.2 Å². The number of hydrogen-bond acceptors (Lipinski definition) is 7. The Kier molecular flexibility index (Phi) is 7.55. The van der Waals surface area contributed by atoms with Crippen LogP contribution in [0.15, 0.2) is 41.3 Å². The smallest absolute Gasteiger partial charge is 0.353 e. The van der Waals surface area contributed by atoms with E-state index in [9.17, 15) is 14.9 Å². The van der Waals surface area contributed by atoms with E-state index in [2.05, 4.69) is 5.32 Å². The number of carbonyl (C=O) groups excluding carboxylic acids is 2. The molecule has 0 bridgehead atoms. The zero-order chi connectivity index (χ0) is 19.6. The van der Waals surface area contributed by atoms with Gasteiger partial charge in [0.15, 0.2) is 11.5 Å². The summed E-state index contributed by atoms with van der Waals surface area (Å²) in [5, 5.41) is 13.6. The summed E-state index contributed by atoms with van der Waals surface area (Å²) in [6.45, 7) is 0.651. The number of ether oxygens (including phenoxy) is 3. The first-order chi connectivity index (χ1) is 13.1. The van der Waals surface area contributed by atoms with Crippen LogP contribution >= 0.6 is 11.3 Å². The number of nitriles is 1. The maximum absolute atomic E-state index is 12.1. The van der Waals surface area contributed by atoms with Crippen LogP contribution in [0.5, 0.6) is 11.5 Å². The molecular weight excluding hydrogens is 368 g/mol. The second kappa shape index (κ2) is 10.1. The maximum Gasteiger partial charge on any atom is 0.353 e. The molecule has 1 aromatic heterocycles. The number of amides is 1. The van der Waals surface area contributed by atoms with E-state index in [0.29, 0.717) is 29.3 Å². The minimum absolute atomic E-state index is 0.0588. The zero-order valence-electron chi connectivity index (χ0n) is 14.9. The highest BCUT2D eigenvalue weighted by atomic mass is 32.1. The van der Waals surface area contributed by atoms with E-state index < -0.39 is 11.9 Å². The molecule has 7 nitrogen and oxygen atoms in total. The lowest BCUT2D eigenvalue weighted by molar-refractivity contribution is -0.117. The summed E-state index contributed by atoms with van der Waals surface area (Å²) in [6.07, 6.45) is 1.43. The predicted molar refractivity (Wildman–Crippen MR) is 101 cm³/mol. The molecule has 0 aliphatic heterocycles. The van der Waals surface area contributed by atoms with Gasteiger partial charge in [-0.15, -0.1) is 11.3 Å². The van der Waals surface area contributed by atoms with Crippen LogP contribution in [0.3, 0.4) is 0 Å². The summed E-state index contributed by atoms with van der Waals surface area (Å²) in [7, 11) is 2.96. The third-order valence-corrected chi connectivity index (χ3v) is 4.23. The molecule has 140 valence electrons. The lowest BCUT2D eigenvalue weighted by Gasteiger charge is -2.09. The van der Waals surface area contributed by atoms with E-state index in [1.165, 1.54) is 31.6 Å².